The first-order valence-corrected chi connectivity index (χ1v) is 7.00. The summed E-state index contributed by atoms with van der Waals surface area (Å²) in [6.07, 6.45) is -2.88. The molecule has 2 amide bonds. The van der Waals surface area contributed by atoms with E-state index in [1.165, 1.54) is 18.3 Å². The fourth-order valence-electron chi connectivity index (χ4n) is 1.80. The van der Waals surface area contributed by atoms with E-state index in [0.29, 0.717) is 10.7 Å². The molecule has 4 nitrogen and oxygen atoms in total. The van der Waals surface area contributed by atoms with Gasteiger partial charge in [-0.2, -0.15) is 13.2 Å². The average Bonchev–Trinajstić information content (AvgIpc) is 2.52. The molecule has 0 unspecified atom stereocenters. The molecule has 0 bridgehead atoms. The van der Waals surface area contributed by atoms with E-state index >= 15 is 0 Å². The van der Waals surface area contributed by atoms with Crippen molar-refractivity contribution in [3.05, 3.63) is 64.4 Å². The van der Waals surface area contributed by atoms with Crippen LogP contribution in [0.1, 0.15) is 16.7 Å². The number of benzene rings is 1. The number of hydrogen-bond acceptors (Lipinski definition) is 2. The number of halogens is 4. The summed E-state index contributed by atoms with van der Waals surface area (Å²) in [5.74, 6) is 0. The highest BCUT2D eigenvalue weighted by Crippen LogP contribution is 2.29. The Morgan fingerprint density at radius 1 is 1.09 bits per heavy atom. The zero-order valence-electron chi connectivity index (χ0n) is 11.8. The lowest BCUT2D eigenvalue weighted by Crippen LogP contribution is -2.34. The Balaban J connectivity index is 1.83. The van der Waals surface area contributed by atoms with Gasteiger partial charge in [0, 0.05) is 19.3 Å². The smallest absolute Gasteiger partial charge is 0.334 e. The third-order valence-electron chi connectivity index (χ3n) is 2.95. The van der Waals surface area contributed by atoms with Gasteiger partial charge in [0.15, 0.2) is 0 Å². The Bertz CT molecular complexity index is 674. The van der Waals surface area contributed by atoms with Crippen LogP contribution in [0.2, 0.25) is 5.15 Å². The Hall–Kier alpha value is -2.28. The maximum absolute atomic E-state index is 12.6. The first-order chi connectivity index (χ1) is 10.8. The minimum absolute atomic E-state index is 0.00534. The van der Waals surface area contributed by atoms with Crippen molar-refractivity contribution >= 4 is 17.6 Å². The fraction of sp³-hybridized carbons (Fsp3) is 0.200. The van der Waals surface area contributed by atoms with E-state index in [2.05, 4.69) is 15.6 Å². The summed E-state index contributed by atoms with van der Waals surface area (Å²) in [6, 6.07) is 7.62. The lowest BCUT2D eigenvalue weighted by Gasteiger charge is -2.10. The van der Waals surface area contributed by atoms with Gasteiger partial charge in [0.25, 0.3) is 0 Å². The molecule has 1 heterocycles. The third kappa shape index (κ3) is 5.45. The molecule has 0 aliphatic heterocycles. The van der Waals surface area contributed by atoms with Crippen molar-refractivity contribution in [2.75, 3.05) is 0 Å². The van der Waals surface area contributed by atoms with Crippen LogP contribution in [0.5, 0.6) is 0 Å². The van der Waals surface area contributed by atoms with Gasteiger partial charge in [-0.3, -0.25) is 0 Å². The van der Waals surface area contributed by atoms with E-state index in [-0.39, 0.29) is 13.1 Å². The molecule has 2 aromatic rings. The maximum atomic E-state index is 12.6. The van der Waals surface area contributed by atoms with Crippen molar-refractivity contribution < 1.29 is 18.0 Å². The quantitative estimate of drug-likeness (QED) is 0.831. The highest BCUT2D eigenvalue weighted by molar-refractivity contribution is 6.29. The second-order valence-corrected chi connectivity index (χ2v) is 5.11. The molecule has 0 saturated carbocycles. The van der Waals surface area contributed by atoms with Crippen LogP contribution in [0, 0.1) is 0 Å². The molecule has 0 fully saturated rings. The monoisotopic (exact) mass is 343 g/mol. The molecule has 0 aliphatic carbocycles. The van der Waals surface area contributed by atoms with Gasteiger partial charge in [0.2, 0.25) is 0 Å². The minimum Gasteiger partial charge on any atom is -0.334 e. The molecule has 8 heteroatoms. The molecule has 0 spiro atoms. The number of amides is 2. The number of nitrogens with zero attached hydrogens (tertiary/aromatic N) is 1. The summed E-state index contributed by atoms with van der Waals surface area (Å²) in [4.78, 5) is 15.5. The maximum Gasteiger partial charge on any atom is 0.416 e. The predicted octanol–water partition coefficient (Wildman–Crippen LogP) is 3.75. The molecule has 2 rings (SSSR count). The molecule has 0 aliphatic rings. The second kappa shape index (κ2) is 7.32. The molecule has 1 aromatic carbocycles. The summed E-state index contributed by atoms with van der Waals surface area (Å²) in [5.41, 5.74) is 0.371. The van der Waals surface area contributed by atoms with Gasteiger partial charge in [-0.05, 0) is 29.3 Å². The predicted molar refractivity (Wildman–Crippen MR) is 79.8 cm³/mol. The average molecular weight is 344 g/mol. The molecule has 0 radical (unpaired) electrons. The van der Waals surface area contributed by atoms with Crippen molar-refractivity contribution in [2.24, 2.45) is 0 Å². The fourth-order valence-corrected chi connectivity index (χ4v) is 1.91. The Morgan fingerprint density at radius 2 is 1.78 bits per heavy atom. The number of aromatic nitrogens is 1. The van der Waals surface area contributed by atoms with Gasteiger partial charge in [-0.15, -0.1) is 0 Å². The van der Waals surface area contributed by atoms with Crippen LogP contribution in [-0.4, -0.2) is 11.0 Å². The standard InChI is InChI=1S/C15H13ClF3N3O/c16-13-5-4-11(8-20-13)9-22-14(23)21-7-10-2-1-3-12(6-10)15(17,18)19/h1-6,8H,7,9H2,(H2,21,22,23). The van der Waals surface area contributed by atoms with Crippen LogP contribution < -0.4 is 10.6 Å². The van der Waals surface area contributed by atoms with Gasteiger partial charge in [-0.25, -0.2) is 9.78 Å². The number of rotatable bonds is 4. The van der Waals surface area contributed by atoms with E-state index in [4.69, 9.17) is 11.6 Å². The normalized spacial score (nSPS) is 11.1. The van der Waals surface area contributed by atoms with Gasteiger partial charge in [0.1, 0.15) is 5.15 Å². The summed E-state index contributed by atoms with van der Waals surface area (Å²) < 4.78 is 37.8. The van der Waals surface area contributed by atoms with Crippen LogP contribution >= 0.6 is 11.6 Å². The Kier molecular flexibility index (Phi) is 5.44. The largest absolute Gasteiger partial charge is 0.416 e. The van der Waals surface area contributed by atoms with E-state index in [9.17, 15) is 18.0 Å². The number of pyridine rings is 1. The Morgan fingerprint density at radius 3 is 2.39 bits per heavy atom. The van der Waals surface area contributed by atoms with Crippen LogP contribution in [0.4, 0.5) is 18.0 Å². The van der Waals surface area contributed by atoms with Crippen LogP contribution in [0.15, 0.2) is 42.6 Å². The summed E-state index contributed by atoms with van der Waals surface area (Å²) in [7, 11) is 0. The first-order valence-electron chi connectivity index (χ1n) is 6.63. The molecule has 2 N–H and O–H groups in total. The van der Waals surface area contributed by atoms with Crippen LogP contribution in [0.3, 0.4) is 0 Å². The molecule has 0 atom stereocenters. The summed E-state index contributed by atoms with van der Waals surface area (Å²) >= 11 is 5.65. The lowest BCUT2D eigenvalue weighted by molar-refractivity contribution is -0.137. The number of carbonyl (C=O) groups is 1. The van der Waals surface area contributed by atoms with E-state index in [1.807, 2.05) is 0 Å². The molecular formula is C15H13ClF3N3O. The second-order valence-electron chi connectivity index (χ2n) is 4.72. The number of hydrogen-bond donors (Lipinski definition) is 2. The summed E-state index contributed by atoms with van der Waals surface area (Å²) in [5, 5.41) is 5.42. The Labute approximate surface area is 135 Å². The van der Waals surface area contributed by atoms with Crippen LogP contribution in [0.25, 0.3) is 0 Å². The molecule has 0 saturated heterocycles. The number of urea groups is 1. The first kappa shape index (κ1) is 17.1. The van der Waals surface area contributed by atoms with E-state index in [1.54, 1.807) is 12.1 Å². The van der Waals surface area contributed by atoms with Crippen LogP contribution in [-0.2, 0) is 19.3 Å². The highest BCUT2D eigenvalue weighted by atomic mass is 35.5. The SMILES string of the molecule is O=C(NCc1ccc(Cl)nc1)NCc1cccc(C(F)(F)F)c1. The van der Waals surface area contributed by atoms with Gasteiger partial charge >= 0.3 is 12.2 Å². The number of alkyl halides is 3. The molecule has 122 valence electrons. The van der Waals surface area contributed by atoms with Gasteiger partial charge < -0.3 is 10.6 Å². The highest BCUT2D eigenvalue weighted by Gasteiger charge is 2.30. The van der Waals surface area contributed by atoms with Crippen molar-refractivity contribution in [3.63, 3.8) is 0 Å². The molecular weight excluding hydrogens is 331 g/mol. The zero-order valence-corrected chi connectivity index (χ0v) is 12.6. The van der Waals surface area contributed by atoms with Crippen molar-refractivity contribution in [2.45, 2.75) is 19.3 Å². The topological polar surface area (TPSA) is 54.0 Å². The number of carbonyl (C=O) groups excluding carboxylic acids is 1. The van der Waals surface area contributed by atoms with Gasteiger partial charge in [-0.1, -0.05) is 29.8 Å². The minimum atomic E-state index is -4.40. The molecule has 1 aromatic heterocycles. The molecule has 23 heavy (non-hydrogen) atoms. The van der Waals surface area contributed by atoms with Crippen molar-refractivity contribution in [1.82, 2.24) is 15.6 Å². The van der Waals surface area contributed by atoms with Crippen molar-refractivity contribution in [3.8, 4) is 0 Å². The number of nitrogens with one attached hydrogen (secondary N) is 2. The van der Waals surface area contributed by atoms with Gasteiger partial charge in [0.05, 0.1) is 5.56 Å². The van der Waals surface area contributed by atoms with E-state index < -0.39 is 17.8 Å². The van der Waals surface area contributed by atoms with E-state index in [0.717, 1.165) is 17.7 Å². The summed E-state index contributed by atoms with van der Waals surface area (Å²) in [6.45, 7) is 0.229. The third-order valence-corrected chi connectivity index (χ3v) is 3.17. The zero-order chi connectivity index (χ0) is 16.9. The van der Waals surface area contributed by atoms with Crippen molar-refractivity contribution in [1.29, 1.82) is 0 Å². The lowest BCUT2D eigenvalue weighted by atomic mass is 10.1.